The molecule has 3 aromatic rings. The molecular weight excluding hydrogens is 260 g/mol. The van der Waals surface area contributed by atoms with Gasteiger partial charge in [0.25, 0.3) is 0 Å². The van der Waals surface area contributed by atoms with E-state index in [1.54, 1.807) is 13.2 Å². The highest BCUT2D eigenvalue weighted by Gasteiger charge is 2.10. The number of hydrogen-bond acceptors (Lipinski definition) is 2. The predicted molar refractivity (Wildman–Crippen MR) is 85.0 cm³/mol. The second-order valence-corrected chi connectivity index (χ2v) is 4.97. The number of ketones is 1. The highest BCUT2D eigenvalue weighted by atomic mass is 16.5. The average molecular weight is 276 g/mol. The second kappa shape index (κ2) is 5.80. The number of benzene rings is 3. The van der Waals surface area contributed by atoms with Gasteiger partial charge in [-0.1, -0.05) is 54.6 Å². The van der Waals surface area contributed by atoms with Crippen LogP contribution >= 0.6 is 0 Å². The molecule has 104 valence electrons. The van der Waals surface area contributed by atoms with Gasteiger partial charge in [0, 0.05) is 12.0 Å². The van der Waals surface area contributed by atoms with E-state index < -0.39 is 0 Å². The maximum absolute atomic E-state index is 12.5. The summed E-state index contributed by atoms with van der Waals surface area (Å²) in [5, 5.41) is 2.30. The monoisotopic (exact) mass is 276 g/mol. The minimum Gasteiger partial charge on any atom is -0.497 e. The minimum absolute atomic E-state index is 0.102. The van der Waals surface area contributed by atoms with Crippen LogP contribution in [0.15, 0.2) is 66.7 Å². The molecule has 0 heterocycles. The van der Waals surface area contributed by atoms with Crippen LogP contribution < -0.4 is 4.74 Å². The lowest BCUT2D eigenvalue weighted by Crippen LogP contribution is -2.04. The zero-order valence-corrected chi connectivity index (χ0v) is 11.9. The highest BCUT2D eigenvalue weighted by Crippen LogP contribution is 2.21. The molecule has 2 nitrogen and oxygen atoms in total. The number of ether oxygens (including phenoxy) is 1. The third-order valence-electron chi connectivity index (χ3n) is 3.62. The number of fused-ring (bicyclic) bond motifs is 1. The van der Waals surface area contributed by atoms with Gasteiger partial charge in [0.15, 0.2) is 5.78 Å². The van der Waals surface area contributed by atoms with Gasteiger partial charge in [0.1, 0.15) is 5.75 Å². The van der Waals surface area contributed by atoms with Crippen molar-refractivity contribution >= 4 is 16.6 Å². The van der Waals surface area contributed by atoms with E-state index in [2.05, 4.69) is 18.2 Å². The van der Waals surface area contributed by atoms with Crippen molar-refractivity contribution in [1.82, 2.24) is 0 Å². The second-order valence-electron chi connectivity index (χ2n) is 4.97. The first-order chi connectivity index (χ1) is 10.3. The van der Waals surface area contributed by atoms with Crippen LogP contribution in [0.5, 0.6) is 5.75 Å². The summed E-state index contributed by atoms with van der Waals surface area (Å²) < 4.78 is 5.17. The van der Waals surface area contributed by atoms with Crippen LogP contribution in [0.2, 0.25) is 0 Å². The topological polar surface area (TPSA) is 26.3 Å². The molecule has 0 atom stereocenters. The summed E-state index contributed by atoms with van der Waals surface area (Å²) in [4.78, 5) is 12.5. The Morgan fingerprint density at radius 3 is 2.57 bits per heavy atom. The summed E-state index contributed by atoms with van der Waals surface area (Å²) in [6.45, 7) is 0. The summed E-state index contributed by atoms with van der Waals surface area (Å²) in [6.07, 6.45) is 0.397. The van der Waals surface area contributed by atoms with Crippen LogP contribution in [-0.2, 0) is 6.42 Å². The van der Waals surface area contributed by atoms with Crippen molar-refractivity contribution in [2.75, 3.05) is 7.11 Å². The Labute approximate surface area is 124 Å². The lowest BCUT2D eigenvalue weighted by Gasteiger charge is -2.07. The Morgan fingerprint density at radius 2 is 1.71 bits per heavy atom. The van der Waals surface area contributed by atoms with Gasteiger partial charge in [0.2, 0.25) is 0 Å². The molecule has 21 heavy (non-hydrogen) atoms. The maximum Gasteiger partial charge on any atom is 0.167 e. The van der Waals surface area contributed by atoms with Gasteiger partial charge in [-0.15, -0.1) is 0 Å². The maximum atomic E-state index is 12.5. The normalized spacial score (nSPS) is 10.5. The van der Waals surface area contributed by atoms with Crippen LogP contribution in [0.3, 0.4) is 0 Å². The van der Waals surface area contributed by atoms with E-state index >= 15 is 0 Å². The van der Waals surface area contributed by atoms with E-state index in [1.165, 1.54) is 0 Å². The Hall–Kier alpha value is -2.61. The minimum atomic E-state index is 0.102. The molecule has 0 unspecified atom stereocenters. The number of methoxy groups -OCH3 is 1. The molecule has 0 amide bonds. The van der Waals surface area contributed by atoms with Crippen LogP contribution in [0.4, 0.5) is 0 Å². The lowest BCUT2D eigenvalue weighted by atomic mass is 9.98. The van der Waals surface area contributed by atoms with Crippen LogP contribution in [-0.4, -0.2) is 12.9 Å². The van der Waals surface area contributed by atoms with E-state index in [-0.39, 0.29) is 5.78 Å². The van der Waals surface area contributed by atoms with Crippen LogP contribution in [0.1, 0.15) is 15.9 Å². The van der Waals surface area contributed by atoms with E-state index in [1.807, 2.05) is 42.5 Å². The molecule has 0 spiro atoms. The Kier molecular flexibility index (Phi) is 3.69. The summed E-state index contributed by atoms with van der Waals surface area (Å²) in [6, 6.07) is 21.5. The zero-order chi connectivity index (χ0) is 14.7. The number of rotatable bonds is 4. The standard InChI is InChI=1S/C19H16O2/c1-21-17-10-5-9-16(12-17)19(20)13-15-8-4-7-14-6-2-3-11-18(14)15/h2-12H,13H2,1H3. The fraction of sp³-hybridized carbons (Fsp3) is 0.105. The van der Waals surface area contributed by atoms with E-state index in [0.717, 1.165) is 16.3 Å². The molecule has 0 N–H and O–H groups in total. The van der Waals surface area contributed by atoms with Crippen molar-refractivity contribution in [3.05, 3.63) is 77.9 Å². The summed E-state index contributed by atoms with van der Waals surface area (Å²) in [5.41, 5.74) is 1.74. The fourth-order valence-corrected chi connectivity index (χ4v) is 2.52. The van der Waals surface area contributed by atoms with Gasteiger partial charge in [-0.05, 0) is 28.5 Å². The van der Waals surface area contributed by atoms with E-state index in [9.17, 15) is 4.79 Å². The highest BCUT2D eigenvalue weighted by molar-refractivity contribution is 6.00. The van der Waals surface area contributed by atoms with Crippen molar-refractivity contribution in [3.63, 3.8) is 0 Å². The molecule has 0 bridgehead atoms. The van der Waals surface area contributed by atoms with Gasteiger partial charge >= 0.3 is 0 Å². The molecular formula is C19H16O2. The molecule has 0 aliphatic rings. The summed E-state index contributed by atoms with van der Waals surface area (Å²) >= 11 is 0. The van der Waals surface area contributed by atoms with Gasteiger partial charge in [-0.2, -0.15) is 0 Å². The number of carbonyl (C=O) groups excluding carboxylic acids is 1. The molecule has 0 saturated heterocycles. The average Bonchev–Trinajstić information content (AvgIpc) is 2.55. The smallest absolute Gasteiger partial charge is 0.167 e. The summed E-state index contributed by atoms with van der Waals surface area (Å²) in [5.74, 6) is 0.809. The van der Waals surface area contributed by atoms with Gasteiger partial charge in [0.05, 0.1) is 7.11 Å². The zero-order valence-electron chi connectivity index (χ0n) is 11.9. The number of hydrogen-bond donors (Lipinski definition) is 0. The van der Waals surface area contributed by atoms with Crippen molar-refractivity contribution in [1.29, 1.82) is 0 Å². The molecule has 0 aromatic heterocycles. The third kappa shape index (κ3) is 2.79. The van der Waals surface area contributed by atoms with Crippen LogP contribution in [0.25, 0.3) is 10.8 Å². The number of carbonyl (C=O) groups is 1. The lowest BCUT2D eigenvalue weighted by molar-refractivity contribution is 0.0993. The first-order valence-corrected chi connectivity index (χ1v) is 6.92. The van der Waals surface area contributed by atoms with Gasteiger partial charge < -0.3 is 4.74 Å². The molecule has 0 aliphatic carbocycles. The van der Waals surface area contributed by atoms with Crippen molar-refractivity contribution in [2.45, 2.75) is 6.42 Å². The molecule has 0 saturated carbocycles. The molecule has 0 aliphatic heterocycles. The molecule has 2 heteroatoms. The predicted octanol–water partition coefficient (Wildman–Crippen LogP) is 4.27. The first-order valence-electron chi connectivity index (χ1n) is 6.92. The third-order valence-corrected chi connectivity index (χ3v) is 3.62. The fourth-order valence-electron chi connectivity index (χ4n) is 2.52. The Balaban J connectivity index is 1.93. The quantitative estimate of drug-likeness (QED) is 0.665. The Bertz CT molecular complexity index is 785. The molecule has 3 aromatic carbocycles. The largest absolute Gasteiger partial charge is 0.497 e. The van der Waals surface area contributed by atoms with Gasteiger partial charge in [-0.3, -0.25) is 4.79 Å². The first kappa shape index (κ1) is 13.4. The summed E-state index contributed by atoms with van der Waals surface area (Å²) in [7, 11) is 1.61. The van der Waals surface area contributed by atoms with Crippen molar-refractivity contribution < 1.29 is 9.53 Å². The van der Waals surface area contributed by atoms with Crippen molar-refractivity contribution in [3.8, 4) is 5.75 Å². The van der Waals surface area contributed by atoms with Gasteiger partial charge in [-0.25, -0.2) is 0 Å². The SMILES string of the molecule is COc1cccc(C(=O)Cc2cccc3ccccc23)c1. The molecule has 0 radical (unpaired) electrons. The molecule has 0 fully saturated rings. The van der Waals surface area contributed by atoms with Crippen LogP contribution in [0, 0.1) is 0 Å². The molecule has 3 rings (SSSR count). The Morgan fingerprint density at radius 1 is 0.952 bits per heavy atom. The number of Topliss-reactive ketones (excluding diaryl/α,β-unsaturated/α-hetero) is 1. The van der Waals surface area contributed by atoms with E-state index in [4.69, 9.17) is 4.74 Å². The van der Waals surface area contributed by atoms with Crippen molar-refractivity contribution in [2.24, 2.45) is 0 Å². The van der Waals surface area contributed by atoms with E-state index in [0.29, 0.717) is 17.7 Å².